The molecule has 40 heavy (non-hydrogen) atoms. The first-order valence-electron chi connectivity index (χ1n) is 13.8. The molecule has 0 amide bonds. The molecule has 5 rings (SSSR count). The van der Waals surface area contributed by atoms with Crippen molar-refractivity contribution in [2.24, 2.45) is 11.3 Å². The first-order chi connectivity index (χ1) is 19.3. The number of benzene rings is 3. The van der Waals surface area contributed by atoms with E-state index < -0.39 is 5.82 Å². The van der Waals surface area contributed by atoms with Crippen LogP contribution in [0.3, 0.4) is 0 Å². The maximum absolute atomic E-state index is 15.6. The molecule has 0 heterocycles. The van der Waals surface area contributed by atoms with Gasteiger partial charge in [0.2, 0.25) is 0 Å². The van der Waals surface area contributed by atoms with Gasteiger partial charge in [0.25, 0.3) is 0 Å². The van der Waals surface area contributed by atoms with Crippen LogP contribution >= 0.6 is 0 Å². The SMILES string of the molecule is COC(=O)C[C@@H](c1cccc(OCc2ccc(-c3cc(OC)ccc3F)c([C@@H](OC)C3(C)CC3)c2)c1F)C1CC1. The Labute approximate surface area is 234 Å². The molecular formula is C33H36F2O5. The third-order valence-corrected chi connectivity index (χ3v) is 8.36. The molecule has 2 aliphatic rings. The number of methoxy groups -OCH3 is 3. The van der Waals surface area contributed by atoms with E-state index in [-0.39, 0.29) is 53.9 Å². The van der Waals surface area contributed by atoms with Crippen molar-refractivity contribution in [1.29, 1.82) is 0 Å². The van der Waals surface area contributed by atoms with Gasteiger partial charge in [0.05, 0.1) is 26.7 Å². The smallest absolute Gasteiger partial charge is 0.306 e. The van der Waals surface area contributed by atoms with E-state index in [1.54, 1.807) is 44.6 Å². The molecule has 3 aromatic rings. The average molecular weight is 551 g/mol. The number of rotatable bonds is 12. The first-order valence-corrected chi connectivity index (χ1v) is 13.8. The number of hydrogen-bond acceptors (Lipinski definition) is 5. The lowest BCUT2D eigenvalue weighted by Crippen LogP contribution is -2.15. The maximum atomic E-state index is 15.6. The van der Waals surface area contributed by atoms with E-state index in [9.17, 15) is 4.79 Å². The minimum atomic E-state index is -0.446. The Morgan fingerprint density at radius 2 is 1.75 bits per heavy atom. The number of hydrogen-bond donors (Lipinski definition) is 0. The molecular weight excluding hydrogens is 514 g/mol. The quantitative estimate of drug-likeness (QED) is 0.216. The molecule has 2 aliphatic carbocycles. The Bertz CT molecular complexity index is 1380. The Hall–Kier alpha value is -3.45. The molecule has 2 saturated carbocycles. The average Bonchev–Trinajstić information content (AvgIpc) is 3.90. The molecule has 2 fully saturated rings. The number of carbonyl (C=O) groups excluding carboxylic acids is 1. The van der Waals surface area contributed by atoms with Crippen molar-refractivity contribution < 1.29 is 32.5 Å². The van der Waals surface area contributed by atoms with E-state index in [4.69, 9.17) is 18.9 Å². The van der Waals surface area contributed by atoms with E-state index in [0.29, 0.717) is 16.9 Å². The molecule has 0 N–H and O–H groups in total. The second kappa shape index (κ2) is 11.6. The highest BCUT2D eigenvalue weighted by molar-refractivity contribution is 5.71. The van der Waals surface area contributed by atoms with E-state index in [2.05, 4.69) is 6.92 Å². The topological polar surface area (TPSA) is 54.0 Å². The van der Waals surface area contributed by atoms with Crippen LogP contribution < -0.4 is 9.47 Å². The Kier molecular flexibility index (Phi) is 8.13. The molecule has 0 saturated heterocycles. The number of carbonyl (C=O) groups is 1. The molecule has 212 valence electrons. The summed E-state index contributed by atoms with van der Waals surface area (Å²) in [6.45, 7) is 2.29. The molecule has 0 aliphatic heterocycles. The van der Waals surface area contributed by atoms with Gasteiger partial charge in [0.1, 0.15) is 18.2 Å². The fourth-order valence-corrected chi connectivity index (χ4v) is 5.63. The van der Waals surface area contributed by atoms with E-state index in [0.717, 1.165) is 42.4 Å². The molecule has 5 nitrogen and oxygen atoms in total. The van der Waals surface area contributed by atoms with Crippen LogP contribution in [0.5, 0.6) is 11.5 Å². The van der Waals surface area contributed by atoms with Crippen LogP contribution in [0.4, 0.5) is 8.78 Å². The van der Waals surface area contributed by atoms with Gasteiger partial charge in [-0.25, -0.2) is 8.78 Å². The predicted octanol–water partition coefficient (Wildman–Crippen LogP) is 7.76. The summed E-state index contributed by atoms with van der Waals surface area (Å²) in [7, 11) is 4.58. The van der Waals surface area contributed by atoms with Gasteiger partial charge < -0.3 is 18.9 Å². The Morgan fingerprint density at radius 1 is 0.975 bits per heavy atom. The second-order valence-electron chi connectivity index (χ2n) is 11.2. The van der Waals surface area contributed by atoms with Crippen molar-refractivity contribution in [3.05, 3.63) is 82.9 Å². The zero-order valence-electron chi connectivity index (χ0n) is 23.5. The summed E-state index contributed by atoms with van der Waals surface area (Å²) in [5.41, 5.74) is 3.27. The second-order valence-corrected chi connectivity index (χ2v) is 11.2. The fourth-order valence-electron chi connectivity index (χ4n) is 5.63. The lowest BCUT2D eigenvalue weighted by atomic mass is 9.87. The van der Waals surface area contributed by atoms with Gasteiger partial charge in [0.15, 0.2) is 11.6 Å². The van der Waals surface area contributed by atoms with E-state index >= 15 is 8.78 Å². The standard InChI is InChI=1S/C33H36F2O5/c1-33(14-15-33)32(39-4)27-16-20(8-12-23(27)26-17-22(37-2)11-13-28(26)34)19-40-29-7-5-6-24(31(29)35)25(21-9-10-21)18-30(36)38-3/h5-8,11-13,16-17,21,25,32H,9-10,14-15,18-19H2,1-4H3/t25-,32-/m1/s1. The van der Waals surface area contributed by atoms with Crippen LogP contribution in [0, 0.1) is 23.0 Å². The molecule has 7 heteroatoms. The van der Waals surface area contributed by atoms with Crippen LogP contribution in [0.1, 0.15) is 67.7 Å². The summed E-state index contributed by atoms with van der Waals surface area (Å²) in [6, 6.07) is 15.5. The number of esters is 1. The summed E-state index contributed by atoms with van der Waals surface area (Å²) in [6.07, 6.45) is 3.86. The zero-order valence-corrected chi connectivity index (χ0v) is 23.5. The van der Waals surface area contributed by atoms with Crippen molar-refractivity contribution in [3.63, 3.8) is 0 Å². The van der Waals surface area contributed by atoms with Crippen LogP contribution in [-0.4, -0.2) is 27.3 Å². The highest BCUT2D eigenvalue weighted by atomic mass is 19.1. The lowest BCUT2D eigenvalue weighted by molar-refractivity contribution is -0.141. The van der Waals surface area contributed by atoms with Crippen molar-refractivity contribution >= 4 is 5.97 Å². The van der Waals surface area contributed by atoms with Crippen LogP contribution in [0.2, 0.25) is 0 Å². The lowest BCUT2D eigenvalue weighted by Gasteiger charge is -2.26. The third-order valence-electron chi connectivity index (χ3n) is 8.36. The normalized spacial score (nSPS) is 17.1. The summed E-state index contributed by atoms with van der Waals surface area (Å²) >= 11 is 0. The van der Waals surface area contributed by atoms with Gasteiger partial charge in [-0.15, -0.1) is 0 Å². The zero-order chi connectivity index (χ0) is 28.4. The molecule has 0 aromatic heterocycles. The largest absolute Gasteiger partial charge is 0.497 e. The maximum Gasteiger partial charge on any atom is 0.306 e. The summed E-state index contributed by atoms with van der Waals surface area (Å²) < 4.78 is 52.9. The molecule has 3 aromatic carbocycles. The van der Waals surface area contributed by atoms with E-state index in [1.165, 1.54) is 13.2 Å². The van der Waals surface area contributed by atoms with Gasteiger partial charge in [-0.05, 0) is 89.6 Å². The van der Waals surface area contributed by atoms with Gasteiger partial charge in [-0.2, -0.15) is 0 Å². The predicted molar refractivity (Wildman–Crippen MR) is 148 cm³/mol. The summed E-state index contributed by atoms with van der Waals surface area (Å²) in [4.78, 5) is 12.0. The molecule has 0 spiro atoms. The van der Waals surface area contributed by atoms with Gasteiger partial charge in [0, 0.05) is 18.6 Å². The minimum absolute atomic E-state index is 0.0454. The number of halogens is 2. The van der Waals surface area contributed by atoms with Gasteiger partial charge in [-0.1, -0.05) is 31.2 Å². The van der Waals surface area contributed by atoms with E-state index in [1.807, 2.05) is 18.2 Å². The monoisotopic (exact) mass is 550 g/mol. The fraction of sp³-hybridized carbons (Fsp3) is 0.424. The number of ether oxygens (including phenoxy) is 4. The molecule has 0 bridgehead atoms. The van der Waals surface area contributed by atoms with Crippen molar-refractivity contribution in [2.45, 2.75) is 57.7 Å². The Balaban J connectivity index is 1.45. The van der Waals surface area contributed by atoms with Gasteiger partial charge in [-0.3, -0.25) is 4.79 Å². The highest BCUT2D eigenvalue weighted by Gasteiger charge is 2.47. The Morgan fingerprint density at radius 3 is 2.40 bits per heavy atom. The van der Waals surface area contributed by atoms with Crippen LogP contribution in [-0.2, 0) is 20.9 Å². The molecule has 2 atom stereocenters. The molecule has 0 unspecified atom stereocenters. The first kappa shape index (κ1) is 28.1. The minimum Gasteiger partial charge on any atom is -0.497 e. The summed E-state index contributed by atoms with van der Waals surface area (Å²) in [5, 5.41) is 0. The van der Waals surface area contributed by atoms with Crippen LogP contribution in [0.25, 0.3) is 11.1 Å². The third kappa shape index (κ3) is 5.85. The van der Waals surface area contributed by atoms with Gasteiger partial charge >= 0.3 is 5.97 Å². The van der Waals surface area contributed by atoms with Crippen molar-refractivity contribution in [1.82, 2.24) is 0 Å². The highest BCUT2D eigenvalue weighted by Crippen LogP contribution is 2.57. The molecule has 0 radical (unpaired) electrons. The van der Waals surface area contributed by atoms with Crippen molar-refractivity contribution in [3.8, 4) is 22.6 Å². The summed E-state index contributed by atoms with van der Waals surface area (Å²) in [5.74, 6) is -0.410. The van der Waals surface area contributed by atoms with Crippen LogP contribution in [0.15, 0.2) is 54.6 Å². The van der Waals surface area contributed by atoms with Crippen molar-refractivity contribution in [2.75, 3.05) is 21.3 Å².